The first-order valence-corrected chi connectivity index (χ1v) is 6.94. The van der Waals surface area contributed by atoms with Crippen LogP contribution in [0.5, 0.6) is 0 Å². The normalized spacial score (nSPS) is 13.1. The van der Waals surface area contributed by atoms with Crippen molar-refractivity contribution >= 4 is 28.1 Å². The summed E-state index contributed by atoms with van der Waals surface area (Å²) in [6.45, 7) is 8.73. The third kappa shape index (κ3) is 3.39. The lowest BCUT2D eigenvalue weighted by Crippen LogP contribution is -2.07. The summed E-state index contributed by atoms with van der Waals surface area (Å²) in [5, 5.41) is 0. The van der Waals surface area contributed by atoms with Gasteiger partial charge in [0.05, 0.1) is 4.47 Å². The molecular formula is C12H19BrN2S. The summed E-state index contributed by atoms with van der Waals surface area (Å²) >= 11 is 8.79. The fourth-order valence-corrected chi connectivity index (χ4v) is 2.07. The highest BCUT2D eigenvalue weighted by Gasteiger charge is 2.11. The van der Waals surface area contributed by atoms with E-state index >= 15 is 0 Å². The minimum absolute atomic E-state index is 0.431. The Bertz CT molecular complexity index is 412. The average molecular weight is 303 g/mol. The second kappa shape index (κ2) is 5.92. The Morgan fingerprint density at radius 2 is 2.00 bits per heavy atom. The molecule has 1 N–H and O–H groups in total. The molecule has 0 saturated carbocycles. The zero-order chi connectivity index (χ0) is 12.3. The maximum atomic E-state index is 5.27. The van der Waals surface area contributed by atoms with E-state index in [9.17, 15) is 0 Å². The lowest BCUT2D eigenvalue weighted by molar-refractivity contribution is 0.612. The van der Waals surface area contributed by atoms with Crippen molar-refractivity contribution < 1.29 is 0 Å². The van der Waals surface area contributed by atoms with Crippen LogP contribution in [0.1, 0.15) is 51.6 Å². The van der Waals surface area contributed by atoms with Gasteiger partial charge in [-0.3, -0.25) is 0 Å². The van der Waals surface area contributed by atoms with Crippen LogP contribution in [0.25, 0.3) is 0 Å². The molecule has 1 heterocycles. The molecule has 4 heteroatoms. The highest BCUT2D eigenvalue weighted by molar-refractivity contribution is 9.10. The Morgan fingerprint density at radius 3 is 2.50 bits per heavy atom. The topological polar surface area (TPSA) is 28.7 Å². The van der Waals surface area contributed by atoms with Crippen molar-refractivity contribution in [3.05, 3.63) is 20.6 Å². The van der Waals surface area contributed by atoms with Crippen LogP contribution >= 0.6 is 28.1 Å². The molecule has 16 heavy (non-hydrogen) atoms. The van der Waals surface area contributed by atoms with Gasteiger partial charge in [-0.15, -0.1) is 0 Å². The zero-order valence-corrected chi connectivity index (χ0v) is 12.7. The van der Waals surface area contributed by atoms with Crippen LogP contribution in [0.4, 0.5) is 0 Å². The molecule has 0 aliphatic heterocycles. The first kappa shape index (κ1) is 13.8. The number of aromatic nitrogens is 2. The van der Waals surface area contributed by atoms with Gasteiger partial charge < -0.3 is 4.98 Å². The Hall–Kier alpha value is -0.220. The number of hydrogen-bond donors (Lipinski definition) is 1. The third-order valence-corrected chi connectivity index (χ3v) is 4.06. The smallest absolute Gasteiger partial charge is 0.144 e. The summed E-state index contributed by atoms with van der Waals surface area (Å²) in [5.74, 6) is 2.04. The summed E-state index contributed by atoms with van der Waals surface area (Å²) < 4.78 is 1.62. The molecule has 1 rings (SSSR count). The molecule has 1 aromatic heterocycles. The Kier molecular flexibility index (Phi) is 5.12. The van der Waals surface area contributed by atoms with E-state index in [0.717, 1.165) is 23.1 Å². The van der Waals surface area contributed by atoms with Gasteiger partial charge in [0, 0.05) is 11.6 Å². The first-order chi connectivity index (χ1) is 7.45. The van der Waals surface area contributed by atoms with E-state index in [4.69, 9.17) is 12.2 Å². The van der Waals surface area contributed by atoms with Crippen LogP contribution < -0.4 is 0 Å². The number of nitrogens with zero attached hydrogens (tertiary/aromatic N) is 1. The number of halogens is 1. The molecule has 2 nitrogen and oxygen atoms in total. The third-order valence-electron chi connectivity index (χ3n) is 2.65. The molecule has 90 valence electrons. The van der Waals surface area contributed by atoms with Crippen molar-refractivity contribution in [2.24, 2.45) is 5.92 Å². The van der Waals surface area contributed by atoms with Crippen molar-refractivity contribution in [1.29, 1.82) is 0 Å². The van der Waals surface area contributed by atoms with E-state index in [1.807, 2.05) is 0 Å². The molecule has 0 amide bonds. The van der Waals surface area contributed by atoms with Crippen molar-refractivity contribution in [3.8, 4) is 0 Å². The molecule has 0 fully saturated rings. The van der Waals surface area contributed by atoms with Crippen LogP contribution in [0, 0.1) is 10.6 Å². The molecule has 0 spiro atoms. The van der Waals surface area contributed by atoms with Crippen LogP contribution in [0.2, 0.25) is 0 Å². The molecule has 1 aromatic rings. The first-order valence-electron chi connectivity index (χ1n) is 5.74. The Balaban J connectivity index is 3.17. The van der Waals surface area contributed by atoms with Gasteiger partial charge in [-0.05, 0) is 34.7 Å². The maximum Gasteiger partial charge on any atom is 0.144 e. The summed E-state index contributed by atoms with van der Waals surface area (Å²) in [7, 11) is 0. The van der Waals surface area contributed by atoms with Gasteiger partial charge in [0.15, 0.2) is 0 Å². The second-order valence-corrected chi connectivity index (χ2v) is 5.81. The molecule has 0 radical (unpaired) electrons. The molecule has 1 unspecified atom stereocenters. The van der Waals surface area contributed by atoms with E-state index in [1.165, 1.54) is 5.69 Å². The molecule has 1 atom stereocenters. The van der Waals surface area contributed by atoms with Gasteiger partial charge in [-0.25, -0.2) is 4.98 Å². The number of rotatable bonds is 4. The fraction of sp³-hybridized carbons (Fsp3) is 0.667. The predicted molar refractivity (Wildman–Crippen MR) is 74.4 cm³/mol. The second-order valence-electron chi connectivity index (χ2n) is 4.63. The minimum atomic E-state index is 0.431. The lowest BCUT2D eigenvalue weighted by atomic mass is 10.1. The van der Waals surface area contributed by atoms with Gasteiger partial charge in [0.1, 0.15) is 10.5 Å². The van der Waals surface area contributed by atoms with Crippen LogP contribution in [0.15, 0.2) is 4.47 Å². The number of aromatic amines is 1. The van der Waals surface area contributed by atoms with E-state index < -0.39 is 0 Å². The highest BCUT2D eigenvalue weighted by Crippen LogP contribution is 2.22. The Labute approximate surface area is 111 Å². The molecule has 0 saturated heterocycles. The quantitative estimate of drug-likeness (QED) is 0.823. The highest BCUT2D eigenvalue weighted by atomic mass is 79.9. The van der Waals surface area contributed by atoms with E-state index in [1.54, 1.807) is 0 Å². The zero-order valence-electron chi connectivity index (χ0n) is 10.3. The van der Waals surface area contributed by atoms with E-state index in [2.05, 4.69) is 53.6 Å². The van der Waals surface area contributed by atoms with Crippen molar-refractivity contribution in [3.63, 3.8) is 0 Å². The minimum Gasteiger partial charge on any atom is -0.346 e. The monoisotopic (exact) mass is 302 g/mol. The fourth-order valence-electron chi connectivity index (χ4n) is 1.50. The average Bonchev–Trinajstić information content (AvgIpc) is 2.22. The van der Waals surface area contributed by atoms with Gasteiger partial charge in [-0.1, -0.05) is 39.9 Å². The van der Waals surface area contributed by atoms with Crippen molar-refractivity contribution in [1.82, 2.24) is 9.97 Å². The molecule has 0 aromatic carbocycles. The standard InChI is InChI=1S/C12H19BrN2S/c1-5-8(4)11-14-9(6-7(2)3)10(13)12(16)15-11/h7-8H,5-6H2,1-4H3,(H,14,15,16). The molecular weight excluding hydrogens is 284 g/mol. The summed E-state index contributed by atoms with van der Waals surface area (Å²) in [4.78, 5) is 7.83. The number of hydrogen-bond acceptors (Lipinski definition) is 2. The van der Waals surface area contributed by atoms with Gasteiger partial charge in [-0.2, -0.15) is 0 Å². The van der Waals surface area contributed by atoms with Crippen molar-refractivity contribution in [2.45, 2.75) is 46.5 Å². The SMILES string of the molecule is CCC(C)c1nc(=S)c(Br)c(CC(C)C)[nH]1. The Morgan fingerprint density at radius 1 is 1.38 bits per heavy atom. The van der Waals surface area contributed by atoms with Gasteiger partial charge in [0.25, 0.3) is 0 Å². The van der Waals surface area contributed by atoms with Crippen molar-refractivity contribution in [2.75, 3.05) is 0 Å². The van der Waals surface area contributed by atoms with Crippen LogP contribution in [-0.4, -0.2) is 9.97 Å². The maximum absolute atomic E-state index is 5.27. The predicted octanol–water partition coefficient (Wildman–Crippen LogP) is 4.61. The lowest BCUT2D eigenvalue weighted by Gasteiger charge is -2.13. The van der Waals surface area contributed by atoms with E-state index in [0.29, 0.717) is 16.5 Å². The molecule has 0 aliphatic rings. The molecule has 0 aliphatic carbocycles. The number of H-pyrrole nitrogens is 1. The van der Waals surface area contributed by atoms with Crippen LogP contribution in [-0.2, 0) is 6.42 Å². The summed E-state index contributed by atoms with van der Waals surface area (Å²) in [6.07, 6.45) is 2.07. The molecule has 0 bridgehead atoms. The summed E-state index contributed by atoms with van der Waals surface area (Å²) in [5.41, 5.74) is 1.17. The van der Waals surface area contributed by atoms with E-state index in [-0.39, 0.29) is 0 Å². The van der Waals surface area contributed by atoms with Gasteiger partial charge in [0.2, 0.25) is 0 Å². The summed E-state index contributed by atoms with van der Waals surface area (Å²) in [6, 6.07) is 0. The van der Waals surface area contributed by atoms with Crippen LogP contribution in [0.3, 0.4) is 0 Å². The largest absolute Gasteiger partial charge is 0.346 e. The van der Waals surface area contributed by atoms with Gasteiger partial charge >= 0.3 is 0 Å². The number of nitrogens with one attached hydrogen (secondary N) is 1.